The summed E-state index contributed by atoms with van der Waals surface area (Å²) in [5.74, 6) is 0.420. The Morgan fingerprint density at radius 2 is 0.270 bits per heavy atom. The van der Waals surface area contributed by atoms with Gasteiger partial charge in [0, 0.05) is 17.8 Å². The SMILES string of the molecule is c1ccc(-c2ccc(C(c3ccc(-c4ccc(C(c5ccccc5)c5ccccc5)cc4)cc3)c3ccc(-c4ccc(C(c5ccccc5)c5ccccc5)cc4)cc3)cc2)cc1. The van der Waals surface area contributed by atoms with E-state index in [0.717, 1.165) is 0 Å². The lowest BCUT2D eigenvalue weighted by Gasteiger charge is -2.21. The van der Waals surface area contributed by atoms with Gasteiger partial charge in [-0.05, 0) is 83.5 Å². The quantitative estimate of drug-likeness (QED) is 0.108. The molecule has 0 aliphatic heterocycles. The molecule has 0 fully saturated rings. The molecule has 300 valence electrons. The van der Waals surface area contributed by atoms with Crippen LogP contribution in [0.5, 0.6) is 0 Å². The van der Waals surface area contributed by atoms with Crippen LogP contribution in [0.25, 0.3) is 33.4 Å². The van der Waals surface area contributed by atoms with Crippen molar-refractivity contribution in [2.75, 3.05) is 0 Å². The molecule has 0 atom stereocenters. The van der Waals surface area contributed by atoms with Crippen molar-refractivity contribution in [2.24, 2.45) is 0 Å². The molecular formula is C63H48. The third-order valence-electron chi connectivity index (χ3n) is 12.5. The van der Waals surface area contributed by atoms with Gasteiger partial charge in [0.25, 0.3) is 0 Å². The summed E-state index contributed by atoms with van der Waals surface area (Å²) >= 11 is 0. The van der Waals surface area contributed by atoms with Crippen LogP contribution in [0.3, 0.4) is 0 Å². The van der Waals surface area contributed by atoms with E-state index in [2.05, 4.69) is 273 Å². The van der Waals surface area contributed by atoms with E-state index in [9.17, 15) is 0 Å². The summed E-state index contributed by atoms with van der Waals surface area (Å²) in [4.78, 5) is 0. The van der Waals surface area contributed by atoms with E-state index in [4.69, 9.17) is 0 Å². The summed E-state index contributed by atoms with van der Waals surface area (Å²) in [5, 5.41) is 0. The predicted molar refractivity (Wildman–Crippen MR) is 264 cm³/mol. The number of benzene rings is 10. The third kappa shape index (κ3) is 8.71. The second-order valence-corrected chi connectivity index (χ2v) is 16.4. The molecule has 10 aromatic carbocycles. The van der Waals surface area contributed by atoms with Crippen LogP contribution in [0.2, 0.25) is 0 Å². The van der Waals surface area contributed by atoms with Crippen LogP contribution in [-0.2, 0) is 0 Å². The van der Waals surface area contributed by atoms with Crippen molar-refractivity contribution in [3.8, 4) is 33.4 Å². The molecule has 0 spiro atoms. The smallest absolute Gasteiger partial charge is 0.0340 e. The minimum Gasteiger partial charge on any atom is -0.0622 e. The van der Waals surface area contributed by atoms with Crippen molar-refractivity contribution in [1.82, 2.24) is 0 Å². The van der Waals surface area contributed by atoms with Crippen LogP contribution in [0, 0.1) is 0 Å². The zero-order valence-electron chi connectivity index (χ0n) is 35.2. The monoisotopic (exact) mass is 804 g/mol. The van der Waals surface area contributed by atoms with Crippen molar-refractivity contribution < 1.29 is 0 Å². The Morgan fingerprint density at radius 1 is 0.127 bits per heavy atom. The van der Waals surface area contributed by atoms with E-state index >= 15 is 0 Å². The number of rotatable bonds is 12. The highest BCUT2D eigenvalue weighted by molar-refractivity contribution is 5.68. The Bertz CT molecular complexity index is 2710. The van der Waals surface area contributed by atoms with Crippen LogP contribution in [0.15, 0.2) is 273 Å². The summed E-state index contributed by atoms with van der Waals surface area (Å²) in [6.45, 7) is 0. The molecule has 0 amide bonds. The average molecular weight is 805 g/mol. The molecule has 0 nitrogen and oxygen atoms in total. The lowest BCUT2D eigenvalue weighted by Crippen LogP contribution is -2.04. The van der Waals surface area contributed by atoms with E-state index in [-0.39, 0.29) is 17.8 Å². The maximum Gasteiger partial charge on any atom is 0.0340 e. The summed E-state index contributed by atoms with van der Waals surface area (Å²) < 4.78 is 0. The molecule has 0 aliphatic rings. The molecule has 0 radical (unpaired) electrons. The van der Waals surface area contributed by atoms with E-state index in [1.807, 2.05) is 0 Å². The van der Waals surface area contributed by atoms with Crippen molar-refractivity contribution in [2.45, 2.75) is 17.8 Å². The topological polar surface area (TPSA) is 0 Å². The second-order valence-electron chi connectivity index (χ2n) is 16.4. The Balaban J connectivity index is 0.945. The Morgan fingerprint density at radius 3 is 0.460 bits per heavy atom. The minimum atomic E-state index is 0.0673. The van der Waals surface area contributed by atoms with Gasteiger partial charge in [-0.25, -0.2) is 0 Å². The summed E-state index contributed by atoms with van der Waals surface area (Å²) in [7, 11) is 0. The molecule has 0 aliphatic carbocycles. The highest BCUT2D eigenvalue weighted by Crippen LogP contribution is 2.38. The lowest BCUT2D eigenvalue weighted by atomic mass is 9.83. The summed E-state index contributed by atoms with van der Waals surface area (Å²) in [5.41, 5.74) is 18.8. The third-order valence-corrected chi connectivity index (χ3v) is 12.5. The molecule has 10 rings (SSSR count). The molecule has 0 heterocycles. The molecule has 0 saturated heterocycles. The highest BCUT2D eigenvalue weighted by atomic mass is 14.2. The zero-order valence-corrected chi connectivity index (χ0v) is 35.2. The largest absolute Gasteiger partial charge is 0.0622 e. The van der Waals surface area contributed by atoms with Crippen molar-refractivity contribution in [1.29, 1.82) is 0 Å². The van der Waals surface area contributed by atoms with Gasteiger partial charge in [0.05, 0.1) is 0 Å². The molecule has 0 aromatic heterocycles. The van der Waals surface area contributed by atoms with E-state index in [1.54, 1.807) is 0 Å². The summed E-state index contributed by atoms with van der Waals surface area (Å²) in [6.07, 6.45) is 0. The van der Waals surface area contributed by atoms with Gasteiger partial charge >= 0.3 is 0 Å². The molecule has 0 heteroatoms. The fraction of sp³-hybridized carbons (Fsp3) is 0.0476. The Kier molecular flexibility index (Phi) is 11.5. The highest BCUT2D eigenvalue weighted by Gasteiger charge is 2.20. The first-order valence-electron chi connectivity index (χ1n) is 22.0. The van der Waals surface area contributed by atoms with Gasteiger partial charge in [-0.3, -0.25) is 0 Å². The van der Waals surface area contributed by atoms with Crippen LogP contribution >= 0.6 is 0 Å². The van der Waals surface area contributed by atoms with Crippen LogP contribution < -0.4 is 0 Å². The van der Waals surface area contributed by atoms with Gasteiger partial charge in [-0.15, -0.1) is 0 Å². The van der Waals surface area contributed by atoms with Crippen molar-refractivity contribution in [3.63, 3.8) is 0 Å². The molecular weight excluding hydrogens is 757 g/mol. The molecule has 10 aromatic rings. The standard InChI is InChI=1S/C63H48/c1-6-16-46(17-7-1)47-26-36-58(37-27-47)63(59-42-32-50(33-43-59)48-28-38-56(39-29-48)61(52-18-8-2-9-19-52)53-20-10-3-11-21-53)60-44-34-51(35-45-60)49-30-40-57(41-31-49)62(54-22-12-4-13-23-54)55-24-14-5-15-25-55/h1-45,61-63H. The van der Waals surface area contributed by atoms with Crippen LogP contribution in [0.4, 0.5) is 0 Å². The second kappa shape index (κ2) is 18.4. The van der Waals surface area contributed by atoms with E-state index < -0.39 is 0 Å². The Labute approximate surface area is 372 Å². The molecule has 63 heavy (non-hydrogen) atoms. The van der Waals surface area contributed by atoms with E-state index in [1.165, 1.54) is 83.5 Å². The van der Waals surface area contributed by atoms with Crippen molar-refractivity contribution in [3.05, 3.63) is 323 Å². The fourth-order valence-corrected chi connectivity index (χ4v) is 9.28. The average Bonchev–Trinajstić information content (AvgIpc) is 3.37. The van der Waals surface area contributed by atoms with Gasteiger partial charge < -0.3 is 0 Å². The van der Waals surface area contributed by atoms with Gasteiger partial charge in [0.1, 0.15) is 0 Å². The maximum atomic E-state index is 2.32. The molecule has 0 saturated carbocycles. The normalized spacial score (nSPS) is 11.3. The molecule has 0 bridgehead atoms. The maximum absolute atomic E-state index is 2.32. The fourth-order valence-electron chi connectivity index (χ4n) is 9.28. The van der Waals surface area contributed by atoms with Gasteiger partial charge in [-0.1, -0.05) is 273 Å². The zero-order chi connectivity index (χ0) is 42.2. The molecule has 0 unspecified atom stereocenters. The number of hydrogen-bond donors (Lipinski definition) is 0. The molecule has 0 N–H and O–H groups in total. The van der Waals surface area contributed by atoms with Crippen LogP contribution in [0.1, 0.15) is 67.8 Å². The van der Waals surface area contributed by atoms with Gasteiger partial charge in [-0.2, -0.15) is 0 Å². The van der Waals surface area contributed by atoms with Gasteiger partial charge in [0.2, 0.25) is 0 Å². The number of hydrogen-bond acceptors (Lipinski definition) is 0. The van der Waals surface area contributed by atoms with E-state index in [0.29, 0.717) is 0 Å². The minimum absolute atomic E-state index is 0.0673. The van der Waals surface area contributed by atoms with Crippen molar-refractivity contribution >= 4 is 0 Å². The first-order chi connectivity index (χ1) is 31.2. The predicted octanol–water partition coefficient (Wildman–Crippen LogP) is 16.2. The lowest BCUT2D eigenvalue weighted by molar-refractivity contribution is 0.976. The van der Waals surface area contributed by atoms with Crippen LogP contribution in [-0.4, -0.2) is 0 Å². The first kappa shape index (κ1) is 39.3. The van der Waals surface area contributed by atoms with Gasteiger partial charge in [0.15, 0.2) is 0 Å². The Hall–Kier alpha value is -7.80. The first-order valence-corrected chi connectivity index (χ1v) is 22.0. The summed E-state index contributed by atoms with van der Waals surface area (Å²) in [6, 6.07) is 99.7.